The summed E-state index contributed by atoms with van der Waals surface area (Å²) in [7, 11) is 1.56. The van der Waals surface area contributed by atoms with Crippen molar-refractivity contribution < 1.29 is 14.3 Å². The van der Waals surface area contributed by atoms with Crippen LogP contribution in [0.15, 0.2) is 67.0 Å². The van der Waals surface area contributed by atoms with Crippen molar-refractivity contribution in [3.63, 3.8) is 0 Å². The molecule has 2 aromatic heterocycles. The van der Waals surface area contributed by atoms with Gasteiger partial charge in [-0.25, -0.2) is 0 Å². The molecule has 5 rings (SSSR count). The molecule has 1 fully saturated rings. The van der Waals surface area contributed by atoms with E-state index in [1.165, 1.54) is 29.7 Å². The Morgan fingerprint density at radius 2 is 1.82 bits per heavy atom. The van der Waals surface area contributed by atoms with Crippen molar-refractivity contribution in [2.75, 3.05) is 12.4 Å². The topological polar surface area (TPSA) is 86.2 Å². The fourth-order valence-corrected chi connectivity index (χ4v) is 4.19. The van der Waals surface area contributed by atoms with Crippen LogP contribution in [0.25, 0.3) is 10.6 Å². The Kier molecular flexibility index (Phi) is 5.99. The van der Waals surface area contributed by atoms with Crippen molar-refractivity contribution >= 4 is 22.4 Å². The SMILES string of the molecule is COc1cc(C(=O)Nc2nnc(-c3ccncc3)s2)ccc1OCc1ccc(C2CC2)cc1. The minimum Gasteiger partial charge on any atom is -0.493 e. The van der Waals surface area contributed by atoms with E-state index in [9.17, 15) is 4.79 Å². The zero-order valence-electron chi connectivity index (χ0n) is 18.0. The third-order valence-corrected chi connectivity index (χ3v) is 6.31. The molecule has 2 aromatic carbocycles. The number of methoxy groups -OCH3 is 1. The van der Waals surface area contributed by atoms with E-state index in [0.717, 1.165) is 17.0 Å². The lowest BCUT2D eigenvalue weighted by atomic mass is 10.1. The van der Waals surface area contributed by atoms with Gasteiger partial charge in [0.1, 0.15) is 11.6 Å². The van der Waals surface area contributed by atoms with Gasteiger partial charge in [-0.3, -0.25) is 15.1 Å². The highest BCUT2D eigenvalue weighted by atomic mass is 32.1. The highest BCUT2D eigenvalue weighted by Gasteiger charge is 2.23. The molecule has 1 aliphatic carbocycles. The summed E-state index contributed by atoms with van der Waals surface area (Å²) in [6.45, 7) is 0.426. The average Bonchev–Trinajstić information content (AvgIpc) is 3.62. The van der Waals surface area contributed by atoms with Gasteiger partial charge in [0, 0.05) is 23.5 Å². The molecule has 4 aromatic rings. The minimum absolute atomic E-state index is 0.298. The van der Waals surface area contributed by atoms with E-state index >= 15 is 0 Å². The Bertz CT molecular complexity index is 1250. The molecule has 0 unspecified atom stereocenters. The number of pyridine rings is 1. The molecule has 1 amide bonds. The van der Waals surface area contributed by atoms with Crippen molar-refractivity contribution in [1.82, 2.24) is 15.2 Å². The number of carbonyl (C=O) groups is 1. The van der Waals surface area contributed by atoms with Gasteiger partial charge in [-0.1, -0.05) is 35.6 Å². The summed E-state index contributed by atoms with van der Waals surface area (Å²) >= 11 is 1.30. The Balaban J connectivity index is 1.23. The van der Waals surface area contributed by atoms with E-state index in [2.05, 4.69) is 44.8 Å². The van der Waals surface area contributed by atoms with E-state index in [-0.39, 0.29) is 5.91 Å². The van der Waals surface area contributed by atoms with E-state index in [0.29, 0.717) is 33.8 Å². The number of rotatable bonds is 8. The summed E-state index contributed by atoms with van der Waals surface area (Å²) in [6, 6.07) is 17.3. The van der Waals surface area contributed by atoms with Gasteiger partial charge in [0.15, 0.2) is 11.5 Å². The van der Waals surface area contributed by atoms with Crippen LogP contribution in [-0.4, -0.2) is 28.2 Å². The van der Waals surface area contributed by atoms with Gasteiger partial charge in [-0.15, -0.1) is 10.2 Å². The molecule has 0 spiro atoms. The summed E-state index contributed by atoms with van der Waals surface area (Å²) in [4.78, 5) is 16.7. The first-order chi connectivity index (χ1) is 16.2. The van der Waals surface area contributed by atoms with Gasteiger partial charge in [0.2, 0.25) is 5.13 Å². The molecule has 2 heterocycles. The second-order valence-corrected chi connectivity index (χ2v) is 8.75. The number of carbonyl (C=O) groups excluding carboxylic acids is 1. The average molecular weight is 459 g/mol. The van der Waals surface area contributed by atoms with Crippen molar-refractivity contribution in [1.29, 1.82) is 0 Å². The number of aromatic nitrogens is 3. The molecule has 1 saturated carbocycles. The van der Waals surface area contributed by atoms with Crippen LogP contribution in [-0.2, 0) is 6.61 Å². The number of nitrogens with zero attached hydrogens (tertiary/aromatic N) is 3. The monoisotopic (exact) mass is 458 g/mol. The molecular formula is C25H22N4O3S. The first-order valence-electron chi connectivity index (χ1n) is 10.6. The third kappa shape index (κ3) is 5.01. The van der Waals surface area contributed by atoms with Crippen molar-refractivity contribution in [2.24, 2.45) is 0 Å². The van der Waals surface area contributed by atoms with E-state index in [1.807, 2.05) is 12.1 Å². The van der Waals surface area contributed by atoms with Crippen LogP contribution < -0.4 is 14.8 Å². The smallest absolute Gasteiger partial charge is 0.257 e. The second-order valence-electron chi connectivity index (χ2n) is 7.77. The summed E-state index contributed by atoms with van der Waals surface area (Å²) < 4.78 is 11.4. The maximum absolute atomic E-state index is 12.7. The van der Waals surface area contributed by atoms with Gasteiger partial charge < -0.3 is 9.47 Å². The second kappa shape index (κ2) is 9.38. The summed E-state index contributed by atoms with van der Waals surface area (Å²) in [5.41, 5.74) is 3.82. The predicted molar refractivity (Wildman–Crippen MR) is 127 cm³/mol. The van der Waals surface area contributed by atoms with Crippen LogP contribution in [0.3, 0.4) is 0 Å². The third-order valence-electron chi connectivity index (χ3n) is 5.42. The number of hydrogen-bond acceptors (Lipinski definition) is 7. The van der Waals surface area contributed by atoms with Crippen LogP contribution >= 0.6 is 11.3 Å². The van der Waals surface area contributed by atoms with Crippen LogP contribution in [0.4, 0.5) is 5.13 Å². The zero-order chi connectivity index (χ0) is 22.6. The Morgan fingerprint density at radius 1 is 1.03 bits per heavy atom. The number of ether oxygens (including phenoxy) is 2. The zero-order valence-corrected chi connectivity index (χ0v) is 18.8. The highest BCUT2D eigenvalue weighted by molar-refractivity contribution is 7.18. The lowest BCUT2D eigenvalue weighted by Crippen LogP contribution is -2.12. The lowest BCUT2D eigenvalue weighted by molar-refractivity contribution is 0.102. The molecule has 8 heteroatoms. The van der Waals surface area contributed by atoms with E-state index < -0.39 is 0 Å². The number of amides is 1. The molecule has 0 aliphatic heterocycles. The molecule has 0 saturated heterocycles. The molecule has 1 N–H and O–H groups in total. The summed E-state index contributed by atoms with van der Waals surface area (Å²) in [5, 5.41) is 12.1. The molecular weight excluding hydrogens is 436 g/mol. The maximum atomic E-state index is 12.7. The van der Waals surface area contributed by atoms with Crippen LogP contribution in [0.5, 0.6) is 11.5 Å². The molecule has 7 nitrogen and oxygen atoms in total. The first-order valence-corrected chi connectivity index (χ1v) is 11.5. The fourth-order valence-electron chi connectivity index (χ4n) is 3.45. The van der Waals surface area contributed by atoms with Gasteiger partial charge in [-0.2, -0.15) is 0 Å². The largest absolute Gasteiger partial charge is 0.493 e. The first kappa shape index (κ1) is 21.1. The highest BCUT2D eigenvalue weighted by Crippen LogP contribution is 2.40. The predicted octanol–water partition coefficient (Wildman–Crippen LogP) is 5.32. The summed E-state index contributed by atoms with van der Waals surface area (Å²) in [5.74, 6) is 1.51. The van der Waals surface area contributed by atoms with Gasteiger partial charge >= 0.3 is 0 Å². The van der Waals surface area contributed by atoms with Crippen molar-refractivity contribution in [2.45, 2.75) is 25.4 Å². The normalized spacial score (nSPS) is 12.9. The maximum Gasteiger partial charge on any atom is 0.257 e. The van der Waals surface area contributed by atoms with Crippen LogP contribution in [0.1, 0.15) is 40.2 Å². The Labute approximate surface area is 195 Å². The van der Waals surface area contributed by atoms with Gasteiger partial charge in [0.25, 0.3) is 5.91 Å². The Hall–Kier alpha value is -3.78. The molecule has 0 radical (unpaired) electrons. The number of anilines is 1. The van der Waals surface area contributed by atoms with Crippen molar-refractivity contribution in [3.05, 3.63) is 83.7 Å². The Morgan fingerprint density at radius 3 is 2.55 bits per heavy atom. The van der Waals surface area contributed by atoms with Gasteiger partial charge in [0.05, 0.1) is 7.11 Å². The standard InChI is InChI=1S/C25H22N4O3S/c1-31-22-14-20(23(30)27-25-29-28-24(33-25)19-10-12-26-13-11-19)8-9-21(22)32-15-16-2-4-17(5-3-16)18-6-7-18/h2-5,8-14,18H,6-7,15H2,1H3,(H,27,29,30). The van der Waals surface area contributed by atoms with Gasteiger partial charge in [-0.05, 0) is 60.2 Å². The van der Waals surface area contributed by atoms with E-state index in [4.69, 9.17) is 9.47 Å². The molecule has 0 atom stereocenters. The van der Waals surface area contributed by atoms with Crippen LogP contribution in [0.2, 0.25) is 0 Å². The number of hydrogen-bond donors (Lipinski definition) is 1. The number of benzene rings is 2. The minimum atomic E-state index is -0.298. The van der Waals surface area contributed by atoms with E-state index in [1.54, 1.807) is 37.7 Å². The fraction of sp³-hybridized carbons (Fsp3) is 0.200. The van der Waals surface area contributed by atoms with Crippen LogP contribution in [0, 0.1) is 0 Å². The lowest BCUT2D eigenvalue weighted by Gasteiger charge is -2.12. The molecule has 166 valence electrons. The molecule has 1 aliphatic rings. The molecule has 33 heavy (non-hydrogen) atoms. The number of nitrogens with one attached hydrogen (secondary N) is 1. The van der Waals surface area contributed by atoms with Crippen molar-refractivity contribution in [3.8, 4) is 22.1 Å². The quantitative estimate of drug-likeness (QED) is 0.385. The summed E-state index contributed by atoms with van der Waals surface area (Å²) in [6.07, 6.45) is 5.96. The molecule has 0 bridgehead atoms.